The van der Waals surface area contributed by atoms with Crippen LogP contribution in [0.4, 0.5) is 18.9 Å². The standard InChI is InChI=1S/C29H20ClF3N2O3S/c1-39(37,38)21-11-12-22(23(16-21)17-6-8-19(9-7-17)29(31,32)33)28(36)34-20-10-13-25(30)24(15-20)27-14-18-4-2-3-5-26(18)35-27/h2-16,35H,1H3,(H,34,36). The molecule has 1 heterocycles. The van der Waals surface area contributed by atoms with Gasteiger partial charge in [-0.05, 0) is 71.8 Å². The van der Waals surface area contributed by atoms with Crippen LogP contribution in [-0.2, 0) is 16.0 Å². The second-order valence-electron chi connectivity index (χ2n) is 8.97. The minimum atomic E-state index is -4.54. The molecule has 39 heavy (non-hydrogen) atoms. The molecule has 5 aromatic rings. The Morgan fingerprint density at radius 1 is 0.872 bits per heavy atom. The Balaban J connectivity index is 1.52. The van der Waals surface area contributed by atoms with E-state index in [1.165, 1.54) is 30.3 Å². The highest BCUT2D eigenvalue weighted by molar-refractivity contribution is 7.90. The lowest BCUT2D eigenvalue weighted by molar-refractivity contribution is -0.137. The number of para-hydroxylation sites is 1. The van der Waals surface area contributed by atoms with Gasteiger partial charge in [-0.3, -0.25) is 4.79 Å². The second kappa shape index (κ2) is 9.91. The highest BCUT2D eigenvalue weighted by atomic mass is 35.5. The summed E-state index contributed by atoms with van der Waals surface area (Å²) in [5.74, 6) is -0.574. The molecule has 2 N–H and O–H groups in total. The number of anilines is 1. The van der Waals surface area contributed by atoms with E-state index in [1.54, 1.807) is 18.2 Å². The van der Waals surface area contributed by atoms with Crippen LogP contribution in [0.2, 0.25) is 5.02 Å². The molecule has 0 bridgehead atoms. The molecule has 0 aliphatic heterocycles. The van der Waals surface area contributed by atoms with Crippen LogP contribution in [0.15, 0.2) is 95.9 Å². The van der Waals surface area contributed by atoms with E-state index in [9.17, 15) is 26.4 Å². The molecule has 0 unspecified atom stereocenters. The van der Waals surface area contributed by atoms with Gasteiger partial charge in [-0.1, -0.05) is 41.9 Å². The predicted molar refractivity (Wildman–Crippen MR) is 147 cm³/mol. The van der Waals surface area contributed by atoms with E-state index in [4.69, 9.17) is 11.6 Å². The van der Waals surface area contributed by atoms with Crippen LogP contribution in [0.5, 0.6) is 0 Å². The minimum Gasteiger partial charge on any atom is -0.354 e. The van der Waals surface area contributed by atoms with Gasteiger partial charge in [0.1, 0.15) is 0 Å². The summed E-state index contributed by atoms with van der Waals surface area (Å²) >= 11 is 6.45. The number of H-pyrrole nitrogens is 1. The van der Waals surface area contributed by atoms with Gasteiger partial charge in [0.15, 0.2) is 9.84 Å². The molecule has 0 aliphatic rings. The van der Waals surface area contributed by atoms with Gasteiger partial charge in [0.05, 0.1) is 15.5 Å². The zero-order valence-corrected chi connectivity index (χ0v) is 21.9. The lowest BCUT2D eigenvalue weighted by Gasteiger charge is -2.14. The lowest BCUT2D eigenvalue weighted by Crippen LogP contribution is -2.14. The van der Waals surface area contributed by atoms with Crippen LogP contribution < -0.4 is 5.32 Å². The second-order valence-corrected chi connectivity index (χ2v) is 11.4. The Bertz CT molecular complexity index is 1800. The van der Waals surface area contributed by atoms with E-state index in [1.807, 2.05) is 30.3 Å². The minimum absolute atomic E-state index is 0.0680. The molecule has 10 heteroatoms. The van der Waals surface area contributed by atoms with Crippen LogP contribution in [0.25, 0.3) is 33.3 Å². The summed E-state index contributed by atoms with van der Waals surface area (Å²) in [4.78, 5) is 16.6. The Hall–Kier alpha value is -4.08. The first kappa shape index (κ1) is 26.5. The molecular weight excluding hydrogens is 549 g/mol. The van der Waals surface area contributed by atoms with Crippen molar-refractivity contribution in [1.29, 1.82) is 0 Å². The summed E-state index contributed by atoms with van der Waals surface area (Å²) < 4.78 is 63.6. The summed E-state index contributed by atoms with van der Waals surface area (Å²) in [6.07, 6.45) is -3.53. The average Bonchev–Trinajstić information content (AvgIpc) is 3.32. The molecule has 0 radical (unpaired) electrons. The number of amides is 1. The maximum absolute atomic E-state index is 13.4. The first-order chi connectivity index (χ1) is 18.4. The van der Waals surface area contributed by atoms with Gasteiger partial charge in [0.25, 0.3) is 5.91 Å². The maximum Gasteiger partial charge on any atom is 0.416 e. The Kier molecular flexibility index (Phi) is 6.74. The number of fused-ring (bicyclic) bond motifs is 1. The van der Waals surface area contributed by atoms with Crippen LogP contribution in [0.1, 0.15) is 15.9 Å². The SMILES string of the molecule is CS(=O)(=O)c1ccc(C(=O)Nc2ccc(Cl)c(-c3cc4ccccc4[nH]3)c2)c(-c2ccc(C(F)(F)F)cc2)c1. The summed E-state index contributed by atoms with van der Waals surface area (Å²) in [6, 6.07) is 22.7. The third-order valence-electron chi connectivity index (χ3n) is 6.23. The van der Waals surface area contributed by atoms with Crippen molar-refractivity contribution in [2.45, 2.75) is 11.1 Å². The van der Waals surface area contributed by atoms with Gasteiger partial charge in [-0.25, -0.2) is 8.42 Å². The highest BCUT2D eigenvalue weighted by Gasteiger charge is 2.30. The van der Waals surface area contributed by atoms with Crippen molar-refractivity contribution in [2.75, 3.05) is 11.6 Å². The fraction of sp³-hybridized carbons (Fsp3) is 0.0690. The number of aromatic nitrogens is 1. The number of carbonyl (C=O) groups excluding carboxylic acids is 1. The van der Waals surface area contributed by atoms with Crippen LogP contribution in [0, 0.1) is 0 Å². The molecular formula is C29H20ClF3N2O3S. The van der Waals surface area contributed by atoms with Gasteiger partial charge in [0.2, 0.25) is 0 Å². The molecule has 1 aromatic heterocycles. The van der Waals surface area contributed by atoms with E-state index >= 15 is 0 Å². The Morgan fingerprint density at radius 3 is 2.26 bits per heavy atom. The van der Waals surface area contributed by atoms with Gasteiger partial charge in [-0.15, -0.1) is 0 Å². The molecule has 0 fully saturated rings. The number of halogens is 4. The lowest BCUT2D eigenvalue weighted by atomic mass is 9.98. The highest BCUT2D eigenvalue weighted by Crippen LogP contribution is 2.35. The van der Waals surface area contributed by atoms with Crippen molar-refractivity contribution >= 4 is 43.9 Å². The van der Waals surface area contributed by atoms with Crippen molar-refractivity contribution in [3.63, 3.8) is 0 Å². The molecule has 1 amide bonds. The first-order valence-electron chi connectivity index (χ1n) is 11.6. The van der Waals surface area contributed by atoms with E-state index in [2.05, 4.69) is 10.3 Å². The van der Waals surface area contributed by atoms with E-state index < -0.39 is 27.5 Å². The fourth-order valence-electron chi connectivity index (χ4n) is 4.26. The van der Waals surface area contributed by atoms with Crippen molar-refractivity contribution < 1.29 is 26.4 Å². The summed E-state index contributed by atoms with van der Waals surface area (Å²) in [7, 11) is -3.65. The average molecular weight is 569 g/mol. The number of alkyl halides is 3. The van der Waals surface area contributed by atoms with Gasteiger partial charge >= 0.3 is 6.18 Å². The number of rotatable bonds is 5. The number of carbonyl (C=O) groups is 1. The molecule has 0 saturated carbocycles. The third kappa shape index (κ3) is 5.55. The summed E-state index contributed by atoms with van der Waals surface area (Å²) in [5.41, 5.74) is 2.41. The number of hydrogen-bond donors (Lipinski definition) is 2. The first-order valence-corrected chi connectivity index (χ1v) is 13.9. The van der Waals surface area contributed by atoms with Crippen molar-refractivity contribution in [3.8, 4) is 22.4 Å². The fourth-order valence-corrected chi connectivity index (χ4v) is 5.12. The third-order valence-corrected chi connectivity index (χ3v) is 7.67. The van der Waals surface area contributed by atoms with Crippen LogP contribution in [0.3, 0.4) is 0 Å². The molecule has 4 aromatic carbocycles. The van der Waals surface area contributed by atoms with E-state index in [0.29, 0.717) is 16.3 Å². The normalized spacial score (nSPS) is 12.0. The van der Waals surface area contributed by atoms with Crippen molar-refractivity contribution in [3.05, 3.63) is 107 Å². The number of hydrogen-bond acceptors (Lipinski definition) is 3. The van der Waals surface area contributed by atoms with Crippen molar-refractivity contribution in [2.24, 2.45) is 0 Å². The number of benzene rings is 4. The molecule has 0 aliphatic carbocycles. The largest absolute Gasteiger partial charge is 0.416 e. The molecule has 5 nitrogen and oxygen atoms in total. The molecule has 0 atom stereocenters. The number of aromatic amines is 1. The molecule has 5 rings (SSSR count). The molecule has 0 spiro atoms. The van der Waals surface area contributed by atoms with Gasteiger partial charge < -0.3 is 10.3 Å². The zero-order valence-electron chi connectivity index (χ0n) is 20.3. The van der Waals surface area contributed by atoms with Crippen LogP contribution >= 0.6 is 11.6 Å². The van der Waals surface area contributed by atoms with Gasteiger partial charge in [-0.2, -0.15) is 13.2 Å². The predicted octanol–water partition coefficient (Wildman–Crippen LogP) is 7.83. The summed E-state index contributed by atoms with van der Waals surface area (Å²) in [6.45, 7) is 0. The molecule has 0 saturated heterocycles. The van der Waals surface area contributed by atoms with Crippen molar-refractivity contribution in [1.82, 2.24) is 4.98 Å². The maximum atomic E-state index is 13.4. The Labute approximate surface area is 227 Å². The molecule has 198 valence electrons. The van der Waals surface area contributed by atoms with E-state index in [-0.39, 0.29) is 21.6 Å². The topological polar surface area (TPSA) is 79.0 Å². The zero-order chi connectivity index (χ0) is 27.9. The monoisotopic (exact) mass is 568 g/mol. The Morgan fingerprint density at radius 2 is 1.59 bits per heavy atom. The van der Waals surface area contributed by atoms with Gasteiger partial charge in [0, 0.05) is 39.7 Å². The number of sulfone groups is 1. The van der Waals surface area contributed by atoms with E-state index in [0.717, 1.165) is 35.0 Å². The summed E-state index contributed by atoms with van der Waals surface area (Å²) in [5, 5.41) is 4.24. The quantitative estimate of drug-likeness (QED) is 0.227. The number of nitrogens with one attached hydrogen (secondary N) is 2. The smallest absolute Gasteiger partial charge is 0.354 e. The van der Waals surface area contributed by atoms with Crippen LogP contribution in [-0.4, -0.2) is 25.6 Å².